The van der Waals surface area contributed by atoms with Gasteiger partial charge in [-0.25, -0.2) is 0 Å². The minimum absolute atomic E-state index is 0.0425. The quantitative estimate of drug-likeness (QED) is 0.721. The van der Waals surface area contributed by atoms with Crippen molar-refractivity contribution in [3.8, 4) is 11.5 Å². The largest absolute Gasteiger partial charge is 0.494 e. The van der Waals surface area contributed by atoms with Crippen LogP contribution >= 0.6 is 0 Å². The Morgan fingerprint density at radius 2 is 1.64 bits per heavy atom. The molecule has 1 N–H and O–H groups in total. The summed E-state index contributed by atoms with van der Waals surface area (Å²) in [5.74, 6) is 1.95. The number of benzene rings is 2. The summed E-state index contributed by atoms with van der Waals surface area (Å²) < 4.78 is 10.9. The van der Waals surface area contributed by atoms with Crippen molar-refractivity contribution in [2.45, 2.75) is 26.3 Å². The fourth-order valence-corrected chi connectivity index (χ4v) is 3.45. The fraction of sp³-hybridized carbons (Fsp3) is 0.435. The molecule has 0 aliphatic carbocycles. The molecule has 1 fully saturated rings. The van der Waals surface area contributed by atoms with Gasteiger partial charge in [-0.05, 0) is 68.6 Å². The first kappa shape index (κ1) is 20.2. The molecule has 0 saturated carbocycles. The Balaban J connectivity index is 1.31. The maximum Gasteiger partial charge on any atom is 0.257 e. The van der Waals surface area contributed by atoms with Crippen LogP contribution in [0.4, 0.5) is 0 Å². The lowest BCUT2D eigenvalue weighted by molar-refractivity contribution is -0.123. The van der Waals surface area contributed by atoms with Crippen LogP contribution in [0.3, 0.4) is 0 Å². The second kappa shape index (κ2) is 10.7. The first-order valence-electron chi connectivity index (χ1n) is 10.1. The van der Waals surface area contributed by atoms with E-state index in [9.17, 15) is 4.79 Å². The topological polar surface area (TPSA) is 50.8 Å². The lowest BCUT2D eigenvalue weighted by atomic mass is 9.96. The van der Waals surface area contributed by atoms with Gasteiger partial charge in [0.25, 0.3) is 5.91 Å². The molecule has 1 aliphatic rings. The summed E-state index contributed by atoms with van der Waals surface area (Å²) in [5.41, 5.74) is 1.36. The van der Waals surface area contributed by atoms with E-state index in [0.29, 0.717) is 18.3 Å². The molecule has 1 amide bonds. The van der Waals surface area contributed by atoms with Gasteiger partial charge in [-0.3, -0.25) is 9.69 Å². The van der Waals surface area contributed by atoms with Crippen molar-refractivity contribution in [1.82, 2.24) is 10.2 Å². The van der Waals surface area contributed by atoms with E-state index in [1.807, 2.05) is 31.2 Å². The molecule has 0 unspecified atom stereocenters. The SMILES string of the molecule is CCOc1ccc(OCC(=O)NCC2CCN(Cc3ccccc3)CC2)cc1. The van der Waals surface area contributed by atoms with Crippen LogP contribution in [-0.2, 0) is 11.3 Å². The summed E-state index contributed by atoms with van der Waals surface area (Å²) in [7, 11) is 0. The summed E-state index contributed by atoms with van der Waals surface area (Å²) >= 11 is 0. The van der Waals surface area contributed by atoms with Crippen LogP contribution < -0.4 is 14.8 Å². The fourth-order valence-electron chi connectivity index (χ4n) is 3.45. The molecule has 2 aromatic rings. The molecule has 0 atom stereocenters. The predicted octanol–water partition coefficient (Wildman–Crippen LogP) is 3.49. The molecule has 1 saturated heterocycles. The zero-order valence-corrected chi connectivity index (χ0v) is 16.6. The Hall–Kier alpha value is -2.53. The highest BCUT2D eigenvalue weighted by atomic mass is 16.5. The first-order chi connectivity index (χ1) is 13.7. The summed E-state index contributed by atoms with van der Waals surface area (Å²) in [6, 6.07) is 17.9. The van der Waals surface area contributed by atoms with Crippen LogP contribution in [0.15, 0.2) is 54.6 Å². The highest BCUT2D eigenvalue weighted by Gasteiger charge is 2.19. The number of nitrogens with one attached hydrogen (secondary N) is 1. The zero-order chi connectivity index (χ0) is 19.6. The molecule has 0 radical (unpaired) electrons. The van der Waals surface area contributed by atoms with E-state index in [2.05, 4.69) is 40.5 Å². The third-order valence-corrected chi connectivity index (χ3v) is 5.05. The molecule has 0 bridgehead atoms. The van der Waals surface area contributed by atoms with Gasteiger partial charge in [0.1, 0.15) is 11.5 Å². The minimum Gasteiger partial charge on any atom is -0.494 e. The van der Waals surface area contributed by atoms with Crippen molar-refractivity contribution in [2.24, 2.45) is 5.92 Å². The zero-order valence-electron chi connectivity index (χ0n) is 16.6. The standard InChI is InChI=1S/C23H30N2O3/c1-2-27-21-8-10-22(11-9-21)28-18-23(26)24-16-19-12-14-25(15-13-19)17-20-6-4-3-5-7-20/h3-11,19H,2,12-18H2,1H3,(H,24,26). The van der Waals surface area contributed by atoms with Crippen LogP contribution in [0.25, 0.3) is 0 Å². The molecule has 3 rings (SSSR count). The van der Waals surface area contributed by atoms with Crippen LogP contribution in [0.2, 0.25) is 0 Å². The van der Waals surface area contributed by atoms with Crippen molar-refractivity contribution in [3.63, 3.8) is 0 Å². The lowest BCUT2D eigenvalue weighted by Crippen LogP contribution is -2.39. The molecule has 5 heteroatoms. The van der Waals surface area contributed by atoms with Crippen molar-refractivity contribution < 1.29 is 14.3 Å². The minimum atomic E-state index is -0.0689. The van der Waals surface area contributed by atoms with Gasteiger partial charge in [0.05, 0.1) is 6.61 Å². The van der Waals surface area contributed by atoms with Gasteiger partial charge in [-0.15, -0.1) is 0 Å². The number of likely N-dealkylation sites (tertiary alicyclic amines) is 1. The molecule has 150 valence electrons. The third kappa shape index (κ3) is 6.57. The summed E-state index contributed by atoms with van der Waals surface area (Å²) in [6.07, 6.45) is 2.24. The molecule has 2 aromatic carbocycles. The van der Waals surface area contributed by atoms with Gasteiger partial charge in [0.15, 0.2) is 6.61 Å². The molecule has 1 aliphatic heterocycles. The third-order valence-electron chi connectivity index (χ3n) is 5.05. The van der Waals surface area contributed by atoms with Crippen LogP contribution in [-0.4, -0.2) is 43.7 Å². The molecule has 5 nitrogen and oxygen atoms in total. The van der Waals surface area contributed by atoms with E-state index in [1.54, 1.807) is 0 Å². The predicted molar refractivity (Wildman–Crippen MR) is 111 cm³/mol. The Bertz CT molecular complexity index is 710. The van der Waals surface area contributed by atoms with E-state index < -0.39 is 0 Å². The number of nitrogens with zero attached hydrogens (tertiary/aromatic N) is 1. The molecule has 0 spiro atoms. The Labute approximate surface area is 167 Å². The van der Waals surface area contributed by atoms with Crippen molar-refractivity contribution in [2.75, 3.05) is 32.8 Å². The van der Waals surface area contributed by atoms with Gasteiger partial charge < -0.3 is 14.8 Å². The summed E-state index contributed by atoms with van der Waals surface area (Å²) in [5, 5.41) is 3.01. The molecule has 0 aromatic heterocycles. The number of ether oxygens (including phenoxy) is 2. The Morgan fingerprint density at radius 1 is 1.00 bits per heavy atom. The smallest absolute Gasteiger partial charge is 0.257 e. The van der Waals surface area contributed by atoms with Crippen molar-refractivity contribution >= 4 is 5.91 Å². The van der Waals surface area contributed by atoms with Gasteiger partial charge in [0, 0.05) is 13.1 Å². The molecule has 28 heavy (non-hydrogen) atoms. The van der Waals surface area contributed by atoms with Gasteiger partial charge in [-0.2, -0.15) is 0 Å². The highest BCUT2D eigenvalue weighted by Crippen LogP contribution is 2.19. The van der Waals surface area contributed by atoms with Crippen molar-refractivity contribution in [1.29, 1.82) is 0 Å². The average molecular weight is 383 g/mol. The van der Waals surface area contributed by atoms with Gasteiger partial charge >= 0.3 is 0 Å². The van der Waals surface area contributed by atoms with Gasteiger partial charge in [-0.1, -0.05) is 30.3 Å². The van der Waals surface area contributed by atoms with Crippen LogP contribution in [0.5, 0.6) is 11.5 Å². The number of piperidine rings is 1. The monoisotopic (exact) mass is 382 g/mol. The second-order valence-electron chi connectivity index (χ2n) is 7.20. The first-order valence-corrected chi connectivity index (χ1v) is 10.1. The van der Waals surface area contributed by atoms with E-state index >= 15 is 0 Å². The van der Waals surface area contributed by atoms with Crippen molar-refractivity contribution in [3.05, 3.63) is 60.2 Å². The summed E-state index contributed by atoms with van der Waals surface area (Å²) in [6.45, 7) is 6.52. The van der Waals surface area contributed by atoms with E-state index in [1.165, 1.54) is 5.56 Å². The van der Waals surface area contributed by atoms with E-state index in [0.717, 1.165) is 44.8 Å². The molecular weight excluding hydrogens is 352 g/mol. The highest BCUT2D eigenvalue weighted by molar-refractivity contribution is 5.77. The molecule has 1 heterocycles. The lowest BCUT2D eigenvalue weighted by Gasteiger charge is -2.32. The number of rotatable bonds is 9. The normalized spacial score (nSPS) is 15.2. The summed E-state index contributed by atoms with van der Waals surface area (Å²) in [4.78, 5) is 14.6. The number of amides is 1. The number of hydrogen-bond donors (Lipinski definition) is 1. The number of carbonyl (C=O) groups is 1. The maximum atomic E-state index is 12.1. The number of carbonyl (C=O) groups excluding carboxylic acids is 1. The molecular formula is C23H30N2O3. The average Bonchev–Trinajstić information content (AvgIpc) is 2.74. The van der Waals surface area contributed by atoms with E-state index in [4.69, 9.17) is 9.47 Å². The Kier molecular flexibility index (Phi) is 7.73. The Morgan fingerprint density at radius 3 is 2.29 bits per heavy atom. The maximum absolute atomic E-state index is 12.1. The van der Waals surface area contributed by atoms with Crippen LogP contribution in [0, 0.1) is 5.92 Å². The van der Waals surface area contributed by atoms with Crippen LogP contribution in [0.1, 0.15) is 25.3 Å². The number of hydrogen-bond acceptors (Lipinski definition) is 4. The van der Waals surface area contributed by atoms with Gasteiger partial charge in [0.2, 0.25) is 0 Å². The second-order valence-corrected chi connectivity index (χ2v) is 7.20. The van der Waals surface area contributed by atoms with E-state index in [-0.39, 0.29) is 12.5 Å².